The Balaban J connectivity index is 2.11. The van der Waals surface area contributed by atoms with Crippen LogP contribution in [-0.2, 0) is 19.6 Å². The molecule has 1 saturated carbocycles. The van der Waals surface area contributed by atoms with E-state index in [0.717, 1.165) is 17.1 Å². The lowest BCUT2D eigenvalue weighted by Gasteiger charge is -2.13. The van der Waals surface area contributed by atoms with Crippen molar-refractivity contribution in [2.24, 2.45) is 0 Å². The van der Waals surface area contributed by atoms with Crippen LogP contribution in [-0.4, -0.2) is 51.3 Å². The van der Waals surface area contributed by atoms with Gasteiger partial charge in [-0.1, -0.05) is 0 Å². The van der Waals surface area contributed by atoms with Crippen LogP contribution in [0.3, 0.4) is 0 Å². The number of rotatable bonds is 6. The summed E-state index contributed by atoms with van der Waals surface area (Å²) < 4.78 is 30.6. The zero-order valence-corrected chi connectivity index (χ0v) is 15.1. The number of hydrogen-bond donors (Lipinski definition) is 1. The number of halogens is 1. The van der Waals surface area contributed by atoms with Gasteiger partial charge in [-0.3, -0.25) is 4.79 Å². The normalized spacial score (nSPS) is 14.6. The Morgan fingerprint density at radius 2 is 2.00 bits per heavy atom. The van der Waals surface area contributed by atoms with Crippen LogP contribution in [0.25, 0.3) is 0 Å². The minimum absolute atomic E-state index is 0.0277. The molecule has 9 heteroatoms. The zero-order chi connectivity index (χ0) is 17.2. The van der Waals surface area contributed by atoms with Crippen molar-refractivity contribution in [1.29, 1.82) is 0 Å². The second kappa shape index (κ2) is 6.98. The number of ether oxygens (including phenoxy) is 1. The van der Waals surface area contributed by atoms with E-state index in [9.17, 15) is 18.0 Å². The molecule has 1 aromatic rings. The molecule has 0 aromatic heterocycles. The van der Waals surface area contributed by atoms with Gasteiger partial charge in [-0.15, -0.1) is 0 Å². The lowest BCUT2D eigenvalue weighted by molar-refractivity contribution is -0.124. The van der Waals surface area contributed by atoms with E-state index >= 15 is 0 Å². The number of benzene rings is 1. The molecule has 23 heavy (non-hydrogen) atoms. The van der Waals surface area contributed by atoms with Crippen LogP contribution in [0.1, 0.15) is 23.2 Å². The lowest BCUT2D eigenvalue weighted by Crippen LogP contribution is -2.30. The van der Waals surface area contributed by atoms with Crippen LogP contribution in [0.15, 0.2) is 27.6 Å². The van der Waals surface area contributed by atoms with Crippen molar-refractivity contribution >= 4 is 37.8 Å². The minimum atomic E-state index is -3.66. The van der Waals surface area contributed by atoms with Crippen molar-refractivity contribution in [3.8, 4) is 0 Å². The Labute approximate surface area is 143 Å². The molecular formula is C14H17BrN2O5S. The fourth-order valence-electron chi connectivity index (χ4n) is 1.74. The predicted octanol–water partition coefficient (Wildman–Crippen LogP) is 1.13. The van der Waals surface area contributed by atoms with Crippen molar-refractivity contribution in [2.45, 2.75) is 23.8 Å². The van der Waals surface area contributed by atoms with E-state index in [0.29, 0.717) is 4.47 Å². The Bertz CT molecular complexity index is 729. The number of esters is 1. The molecule has 2 rings (SSSR count). The summed E-state index contributed by atoms with van der Waals surface area (Å²) in [5.74, 6) is -1.13. The monoisotopic (exact) mass is 404 g/mol. The molecule has 0 aliphatic heterocycles. The molecule has 0 saturated heterocycles. The first-order chi connectivity index (χ1) is 10.7. The summed E-state index contributed by atoms with van der Waals surface area (Å²) in [5, 5.41) is 2.70. The van der Waals surface area contributed by atoms with Gasteiger partial charge in [-0.25, -0.2) is 17.5 Å². The second-order valence-corrected chi connectivity index (χ2v) is 8.35. The number of nitrogens with one attached hydrogen (secondary N) is 1. The van der Waals surface area contributed by atoms with Gasteiger partial charge in [0.25, 0.3) is 5.91 Å². The summed E-state index contributed by atoms with van der Waals surface area (Å²) in [5.41, 5.74) is 0.0483. The molecule has 0 unspecified atom stereocenters. The van der Waals surface area contributed by atoms with Crippen LogP contribution in [0.2, 0.25) is 0 Å². The molecule has 1 aliphatic carbocycles. The molecule has 1 amide bonds. The van der Waals surface area contributed by atoms with E-state index in [1.807, 2.05) is 0 Å². The Morgan fingerprint density at radius 3 is 2.57 bits per heavy atom. The maximum Gasteiger partial charge on any atom is 0.339 e. The van der Waals surface area contributed by atoms with Crippen LogP contribution in [0.4, 0.5) is 0 Å². The van der Waals surface area contributed by atoms with Crippen LogP contribution in [0.5, 0.6) is 0 Å². The van der Waals surface area contributed by atoms with Gasteiger partial charge in [-0.2, -0.15) is 0 Å². The Morgan fingerprint density at radius 1 is 1.35 bits per heavy atom. The second-order valence-electron chi connectivity index (χ2n) is 5.35. The van der Waals surface area contributed by atoms with Crippen LogP contribution < -0.4 is 5.32 Å². The molecule has 0 atom stereocenters. The van der Waals surface area contributed by atoms with E-state index in [1.54, 1.807) is 0 Å². The fraction of sp³-hybridized carbons (Fsp3) is 0.429. The van der Waals surface area contributed by atoms with Crippen molar-refractivity contribution in [3.63, 3.8) is 0 Å². The van der Waals surface area contributed by atoms with Gasteiger partial charge in [0.1, 0.15) is 0 Å². The van der Waals surface area contributed by atoms with E-state index in [1.165, 1.54) is 32.3 Å². The molecule has 0 radical (unpaired) electrons. The molecule has 126 valence electrons. The molecule has 0 heterocycles. The summed E-state index contributed by atoms with van der Waals surface area (Å²) in [6, 6.07) is 4.25. The number of carbonyl (C=O) groups excluding carboxylic acids is 2. The predicted molar refractivity (Wildman–Crippen MR) is 86.5 cm³/mol. The van der Waals surface area contributed by atoms with Gasteiger partial charge >= 0.3 is 5.97 Å². The maximum atomic E-state index is 12.1. The summed E-state index contributed by atoms with van der Waals surface area (Å²) in [6.07, 6.45) is 1.88. The average Bonchev–Trinajstić information content (AvgIpc) is 3.28. The molecule has 1 fully saturated rings. The smallest absolute Gasteiger partial charge is 0.339 e. The quantitative estimate of drug-likeness (QED) is 0.717. The third kappa shape index (κ3) is 4.52. The highest BCUT2D eigenvalue weighted by Crippen LogP contribution is 2.23. The number of amides is 1. The van der Waals surface area contributed by atoms with Crippen LogP contribution >= 0.6 is 15.9 Å². The number of sulfonamides is 1. The van der Waals surface area contributed by atoms with Crippen LogP contribution in [0, 0.1) is 0 Å². The third-order valence-corrected chi connectivity index (χ3v) is 5.72. The average molecular weight is 405 g/mol. The van der Waals surface area contributed by atoms with Gasteiger partial charge < -0.3 is 10.1 Å². The highest BCUT2D eigenvalue weighted by molar-refractivity contribution is 9.10. The van der Waals surface area contributed by atoms with E-state index in [2.05, 4.69) is 21.2 Å². The van der Waals surface area contributed by atoms with E-state index in [-0.39, 0.29) is 22.4 Å². The molecule has 0 bridgehead atoms. The zero-order valence-electron chi connectivity index (χ0n) is 12.7. The summed E-state index contributed by atoms with van der Waals surface area (Å²) >= 11 is 3.18. The lowest BCUT2D eigenvalue weighted by atomic mass is 10.2. The fourth-order valence-corrected chi connectivity index (χ4v) is 3.07. The van der Waals surface area contributed by atoms with Gasteiger partial charge in [0, 0.05) is 24.6 Å². The summed E-state index contributed by atoms with van der Waals surface area (Å²) in [6.45, 7) is -0.396. The largest absolute Gasteiger partial charge is 0.452 e. The highest BCUT2D eigenvalue weighted by Gasteiger charge is 2.25. The van der Waals surface area contributed by atoms with Gasteiger partial charge in [0.2, 0.25) is 10.0 Å². The van der Waals surface area contributed by atoms with Gasteiger partial charge in [0.15, 0.2) is 6.61 Å². The molecule has 7 nitrogen and oxygen atoms in total. The Hall–Kier alpha value is -1.45. The molecular weight excluding hydrogens is 388 g/mol. The number of carbonyl (C=O) groups is 2. The topological polar surface area (TPSA) is 92.8 Å². The molecule has 1 aliphatic rings. The van der Waals surface area contributed by atoms with E-state index < -0.39 is 22.6 Å². The van der Waals surface area contributed by atoms with Gasteiger partial charge in [0.05, 0.1) is 10.5 Å². The first-order valence-corrected chi connectivity index (χ1v) is 9.13. The summed E-state index contributed by atoms with van der Waals surface area (Å²) in [7, 11) is -0.862. The Kier molecular flexibility index (Phi) is 5.43. The number of nitrogens with zero attached hydrogens (tertiary/aromatic N) is 1. The highest BCUT2D eigenvalue weighted by atomic mass is 79.9. The van der Waals surface area contributed by atoms with Crippen molar-refractivity contribution in [3.05, 3.63) is 28.2 Å². The first-order valence-electron chi connectivity index (χ1n) is 6.90. The van der Waals surface area contributed by atoms with Gasteiger partial charge in [-0.05, 0) is 47.0 Å². The maximum absolute atomic E-state index is 12.1. The minimum Gasteiger partial charge on any atom is -0.452 e. The molecule has 1 N–H and O–H groups in total. The molecule has 0 spiro atoms. The van der Waals surface area contributed by atoms with Crippen molar-refractivity contribution < 1.29 is 22.7 Å². The first kappa shape index (κ1) is 17.9. The third-order valence-electron chi connectivity index (χ3n) is 3.21. The SMILES string of the molecule is CN(C)S(=O)(=O)c1ccc(Br)c(C(=O)OCC(=O)NC2CC2)c1. The standard InChI is InChI=1S/C14H17BrN2O5S/c1-17(2)23(20,21)10-5-6-12(15)11(7-10)14(19)22-8-13(18)16-9-3-4-9/h5-7,9H,3-4,8H2,1-2H3,(H,16,18). The van der Waals surface area contributed by atoms with Crippen molar-refractivity contribution in [1.82, 2.24) is 9.62 Å². The molecule has 1 aromatic carbocycles. The van der Waals surface area contributed by atoms with E-state index in [4.69, 9.17) is 4.74 Å². The van der Waals surface area contributed by atoms with Crippen molar-refractivity contribution in [2.75, 3.05) is 20.7 Å². The summed E-state index contributed by atoms with van der Waals surface area (Å²) in [4.78, 5) is 23.6. The number of hydrogen-bond acceptors (Lipinski definition) is 5.